The topological polar surface area (TPSA) is 21.3 Å². The van der Waals surface area contributed by atoms with Gasteiger partial charge in [-0.3, -0.25) is 0 Å². The number of fused-ring (bicyclic) bond motifs is 2. The molecule has 0 radical (unpaired) electrons. The molecule has 22 heavy (non-hydrogen) atoms. The number of allylic oxidation sites excluding steroid dienone is 2. The zero-order chi connectivity index (χ0) is 16.5. The molecule has 0 bridgehead atoms. The fraction of sp³-hybridized carbons (Fsp3) is 0.500. The number of benzene rings is 1. The Morgan fingerprint density at radius 1 is 0.864 bits per heavy atom. The number of para-hydroxylation sites is 2. The van der Waals surface area contributed by atoms with Gasteiger partial charge in [-0.2, -0.15) is 0 Å². The first-order valence-corrected chi connectivity index (χ1v) is 8.27. The first-order valence-electron chi connectivity index (χ1n) is 8.27. The normalized spacial score (nSPS) is 20.5. The maximum atomic E-state index is 5.84. The molecule has 2 nitrogen and oxygen atoms in total. The molecular formula is C20H31NO. The van der Waals surface area contributed by atoms with Crippen LogP contribution in [0, 0.1) is 11.8 Å². The third-order valence-electron chi connectivity index (χ3n) is 2.56. The van der Waals surface area contributed by atoms with Gasteiger partial charge in [0.25, 0.3) is 0 Å². The predicted octanol–water partition coefficient (Wildman–Crippen LogP) is 5.68. The van der Waals surface area contributed by atoms with E-state index in [2.05, 4.69) is 59.0 Å². The SMILES string of the molecule is C1=CC2Nc3ccccc3OC2C=C1.CC(C)C.CC(C)C. The lowest BCUT2D eigenvalue weighted by Gasteiger charge is -2.32. The minimum Gasteiger partial charge on any atom is -0.482 e. The molecule has 0 saturated carbocycles. The lowest BCUT2D eigenvalue weighted by atomic mass is 10.0. The quantitative estimate of drug-likeness (QED) is 0.665. The Hall–Kier alpha value is -1.70. The van der Waals surface area contributed by atoms with Gasteiger partial charge in [0.1, 0.15) is 11.9 Å². The van der Waals surface area contributed by atoms with Gasteiger partial charge < -0.3 is 10.1 Å². The summed E-state index contributed by atoms with van der Waals surface area (Å²) >= 11 is 0. The van der Waals surface area contributed by atoms with Crippen LogP contribution in [-0.4, -0.2) is 12.1 Å². The smallest absolute Gasteiger partial charge is 0.143 e. The molecule has 0 spiro atoms. The molecule has 122 valence electrons. The summed E-state index contributed by atoms with van der Waals surface area (Å²) in [6.45, 7) is 13.0. The molecule has 0 amide bonds. The number of hydrogen-bond acceptors (Lipinski definition) is 2. The summed E-state index contributed by atoms with van der Waals surface area (Å²) in [5.74, 6) is 2.61. The Labute approximate surface area is 136 Å². The van der Waals surface area contributed by atoms with Crippen molar-refractivity contribution in [2.45, 2.75) is 53.7 Å². The van der Waals surface area contributed by atoms with E-state index >= 15 is 0 Å². The average molecular weight is 301 g/mol. The van der Waals surface area contributed by atoms with E-state index in [9.17, 15) is 0 Å². The molecule has 2 atom stereocenters. The van der Waals surface area contributed by atoms with Gasteiger partial charge >= 0.3 is 0 Å². The highest BCUT2D eigenvalue weighted by Crippen LogP contribution is 2.32. The van der Waals surface area contributed by atoms with Crippen LogP contribution in [0.3, 0.4) is 0 Å². The van der Waals surface area contributed by atoms with Crippen LogP contribution in [0.1, 0.15) is 41.5 Å². The Morgan fingerprint density at radius 3 is 2.05 bits per heavy atom. The fourth-order valence-corrected chi connectivity index (χ4v) is 1.84. The van der Waals surface area contributed by atoms with E-state index in [4.69, 9.17) is 4.74 Å². The average Bonchev–Trinajstić information content (AvgIpc) is 2.44. The second-order valence-electron chi connectivity index (χ2n) is 6.98. The van der Waals surface area contributed by atoms with Crippen LogP contribution in [-0.2, 0) is 0 Å². The molecule has 0 saturated heterocycles. The van der Waals surface area contributed by atoms with Crippen LogP contribution in [0.15, 0.2) is 48.6 Å². The molecule has 1 aliphatic heterocycles. The van der Waals surface area contributed by atoms with Gasteiger partial charge in [-0.1, -0.05) is 71.9 Å². The number of rotatable bonds is 0. The van der Waals surface area contributed by atoms with E-state index in [0.717, 1.165) is 23.3 Å². The lowest BCUT2D eigenvalue weighted by Crippen LogP contribution is -2.39. The highest BCUT2D eigenvalue weighted by molar-refractivity contribution is 5.60. The van der Waals surface area contributed by atoms with Gasteiger partial charge in [-0.15, -0.1) is 0 Å². The van der Waals surface area contributed by atoms with Crippen molar-refractivity contribution in [3.63, 3.8) is 0 Å². The summed E-state index contributed by atoms with van der Waals surface area (Å²) in [5.41, 5.74) is 1.08. The maximum absolute atomic E-state index is 5.84. The summed E-state index contributed by atoms with van der Waals surface area (Å²) in [6, 6.07) is 8.30. The maximum Gasteiger partial charge on any atom is 0.143 e. The molecule has 0 fully saturated rings. The molecule has 2 aliphatic rings. The summed E-state index contributed by atoms with van der Waals surface area (Å²) in [4.78, 5) is 0. The van der Waals surface area contributed by atoms with Crippen molar-refractivity contribution in [1.29, 1.82) is 0 Å². The molecule has 1 N–H and O–H groups in total. The van der Waals surface area contributed by atoms with E-state index in [1.807, 2.05) is 36.4 Å². The van der Waals surface area contributed by atoms with Gasteiger partial charge in [0.15, 0.2) is 0 Å². The summed E-state index contributed by atoms with van der Waals surface area (Å²) in [7, 11) is 0. The second-order valence-corrected chi connectivity index (χ2v) is 6.98. The summed E-state index contributed by atoms with van der Waals surface area (Å²) in [5, 5.41) is 3.44. The number of ether oxygens (including phenoxy) is 1. The molecule has 1 aliphatic carbocycles. The molecule has 2 heteroatoms. The number of hydrogen-bond donors (Lipinski definition) is 1. The van der Waals surface area contributed by atoms with Crippen LogP contribution >= 0.6 is 0 Å². The third-order valence-corrected chi connectivity index (χ3v) is 2.56. The lowest BCUT2D eigenvalue weighted by molar-refractivity contribution is 0.229. The van der Waals surface area contributed by atoms with Gasteiger partial charge in [0.2, 0.25) is 0 Å². The van der Waals surface area contributed by atoms with Crippen molar-refractivity contribution in [2.24, 2.45) is 11.8 Å². The van der Waals surface area contributed by atoms with E-state index in [0.29, 0.717) is 0 Å². The zero-order valence-corrected chi connectivity index (χ0v) is 14.8. The van der Waals surface area contributed by atoms with Crippen molar-refractivity contribution in [3.8, 4) is 5.75 Å². The molecule has 1 heterocycles. The van der Waals surface area contributed by atoms with Crippen LogP contribution in [0.25, 0.3) is 0 Å². The van der Waals surface area contributed by atoms with E-state index in [1.165, 1.54) is 0 Å². The monoisotopic (exact) mass is 301 g/mol. The second kappa shape index (κ2) is 9.34. The van der Waals surface area contributed by atoms with Crippen molar-refractivity contribution < 1.29 is 4.74 Å². The first kappa shape index (κ1) is 18.3. The minimum atomic E-state index is 0.134. The molecule has 1 aromatic carbocycles. The Balaban J connectivity index is 0.000000257. The summed E-state index contributed by atoms with van der Waals surface area (Å²) < 4.78 is 5.84. The highest BCUT2D eigenvalue weighted by atomic mass is 16.5. The largest absolute Gasteiger partial charge is 0.482 e. The molecule has 1 aromatic rings. The first-order chi connectivity index (χ1) is 10.4. The number of anilines is 1. The molecular weight excluding hydrogens is 270 g/mol. The van der Waals surface area contributed by atoms with Gasteiger partial charge in [0.05, 0.1) is 11.7 Å². The Bertz CT molecular complexity index is 438. The van der Waals surface area contributed by atoms with Gasteiger partial charge in [-0.25, -0.2) is 0 Å². The van der Waals surface area contributed by atoms with Crippen molar-refractivity contribution in [3.05, 3.63) is 48.6 Å². The molecule has 3 rings (SSSR count). The van der Waals surface area contributed by atoms with Crippen molar-refractivity contribution in [2.75, 3.05) is 5.32 Å². The third kappa shape index (κ3) is 6.84. The number of nitrogens with one attached hydrogen (secondary N) is 1. The molecule has 2 unspecified atom stereocenters. The predicted molar refractivity (Wildman–Crippen MR) is 97.6 cm³/mol. The van der Waals surface area contributed by atoms with Crippen molar-refractivity contribution >= 4 is 5.69 Å². The van der Waals surface area contributed by atoms with Crippen LogP contribution in [0.2, 0.25) is 0 Å². The Kier molecular flexibility index (Phi) is 7.79. The van der Waals surface area contributed by atoms with E-state index in [-0.39, 0.29) is 12.1 Å². The standard InChI is InChI=1S/C12H11NO.2C4H10/c1-3-7-11-9(5-1)13-10-6-2-4-8-12(10)14-11;2*1-4(2)3/h1-9,11,13H;2*4H,1-3H3. The van der Waals surface area contributed by atoms with Gasteiger partial charge in [-0.05, 0) is 30.0 Å². The van der Waals surface area contributed by atoms with Crippen molar-refractivity contribution in [1.82, 2.24) is 0 Å². The van der Waals surface area contributed by atoms with Crippen LogP contribution in [0.4, 0.5) is 5.69 Å². The van der Waals surface area contributed by atoms with E-state index < -0.39 is 0 Å². The van der Waals surface area contributed by atoms with Gasteiger partial charge in [0, 0.05) is 0 Å². The summed E-state index contributed by atoms with van der Waals surface area (Å²) in [6.07, 6.45) is 8.41. The van der Waals surface area contributed by atoms with Crippen LogP contribution in [0.5, 0.6) is 5.75 Å². The minimum absolute atomic E-state index is 0.134. The Morgan fingerprint density at radius 2 is 1.41 bits per heavy atom. The van der Waals surface area contributed by atoms with Crippen LogP contribution < -0.4 is 10.1 Å². The zero-order valence-electron chi connectivity index (χ0n) is 14.8. The fourth-order valence-electron chi connectivity index (χ4n) is 1.84. The highest BCUT2D eigenvalue weighted by Gasteiger charge is 2.26. The van der Waals surface area contributed by atoms with E-state index in [1.54, 1.807) is 0 Å². The molecule has 0 aromatic heterocycles.